The highest BCUT2D eigenvalue weighted by atomic mass is 79.9. The summed E-state index contributed by atoms with van der Waals surface area (Å²) in [7, 11) is 0. The van der Waals surface area contributed by atoms with Crippen molar-refractivity contribution in [3.8, 4) is 0 Å². The smallest absolute Gasteiger partial charge is 0.0803 e. The zero-order valence-corrected chi connectivity index (χ0v) is 10.8. The minimum absolute atomic E-state index is 0.359. The van der Waals surface area contributed by atoms with Crippen LogP contribution in [0, 0.1) is 5.92 Å². The van der Waals surface area contributed by atoms with E-state index in [0.29, 0.717) is 10.9 Å². The van der Waals surface area contributed by atoms with Gasteiger partial charge in [0.05, 0.1) is 6.10 Å². The van der Waals surface area contributed by atoms with Crippen LogP contribution >= 0.6 is 27.5 Å². The van der Waals surface area contributed by atoms with Crippen molar-refractivity contribution < 1.29 is 5.11 Å². The standard InChI is InChI=1S/C12H14BrClO/c13-11-7-9(14)4-5-10(11)12(15)6-8-2-1-3-8/h4-5,7-8,12,15H,1-3,6H2. The quantitative estimate of drug-likeness (QED) is 0.878. The molecular weight excluding hydrogens is 275 g/mol. The molecule has 1 N–H and O–H groups in total. The van der Waals surface area contributed by atoms with Crippen LogP contribution in [0.25, 0.3) is 0 Å². The minimum Gasteiger partial charge on any atom is -0.388 e. The third kappa shape index (κ3) is 2.74. The maximum absolute atomic E-state index is 10.1. The second-order valence-corrected chi connectivity index (χ2v) is 5.51. The highest BCUT2D eigenvalue weighted by molar-refractivity contribution is 9.10. The third-order valence-corrected chi connectivity index (χ3v) is 4.02. The number of rotatable bonds is 3. The molecule has 1 saturated carbocycles. The van der Waals surface area contributed by atoms with Gasteiger partial charge in [-0.25, -0.2) is 0 Å². The van der Waals surface area contributed by atoms with E-state index in [-0.39, 0.29) is 6.10 Å². The molecular formula is C12H14BrClO. The monoisotopic (exact) mass is 288 g/mol. The van der Waals surface area contributed by atoms with Crippen LogP contribution in [0.1, 0.15) is 37.4 Å². The van der Waals surface area contributed by atoms with Gasteiger partial charge in [0, 0.05) is 9.50 Å². The number of halogens is 2. The molecule has 1 atom stereocenters. The molecule has 0 amide bonds. The Labute approximate surface area is 104 Å². The van der Waals surface area contributed by atoms with Gasteiger partial charge in [0.15, 0.2) is 0 Å². The lowest BCUT2D eigenvalue weighted by molar-refractivity contribution is 0.118. The van der Waals surface area contributed by atoms with E-state index in [1.54, 1.807) is 0 Å². The SMILES string of the molecule is OC(CC1CCC1)c1ccc(Cl)cc1Br. The summed E-state index contributed by atoms with van der Waals surface area (Å²) >= 11 is 9.29. The van der Waals surface area contributed by atoms with Crippen molar-refractivity contribution in [2.45, 2.75) is 31.8 Å². The molecule has 2 rings (SSSR count). The highest BCUT2D eigenvalue weighted by Gasteiger charge is 2.22. The first-order chi connectivity index (χ1) is 7.16. The average Bonchev–Trinajstić information content (AvgIpc) is 2.11. The Hall–Kier alpha value is -0.0500. The molecule has 0 aliphatic heterocycles. The van der Waals surface area contributed by atoms with Crippen molar-refractivity contribution in [2.24, 2.45) is 5.92 Å². The number of aliphatic hydroxyl groups is 1. The summed E-state index contributed by atoms with van der Waals surface area (Å²) in [4.78, 5) is 0. The van der Waals surface area contributed by atoms with Crippen LogP contribution < -0.4 is 0 Å². The summed E-state index contributed by atoms with van der Waals surface area (Å²) < 4.78 is 0.904. The molecule has 82 valence electrons. The molecule has 0 saturated heterocycles. The molecule has 1 unspecified atom stereocenters. The number of hydrogen-bond acceptors (Lipinski definition) is 1. The lowest BCUT2D eigenvalue weighted by atomic mass is 9.80. The van der Waals surface area contributed by atoms with Crippen molar-refractivity contribution in [3.05, 3.63) is 33.3 Å². The lowest BCUT2D eigenvalue weighted by Gasteiger charge is -2.28. The number of aliphatic hydroxyl groups excluding tert-OH is 1. The molecule has 3 heteroatoms. The van der Waals surface area contributed by atoms with Gasteiger partial charge in [0.25, 0.3) is 0 Å². The van der Waals surface area contributed by atoms with Crippen molar-refractivity contribution >= 4 is 27.5 Å². The second-order valence-electron chi connectivity index (χ2n) is 4.21. The van der Waals surface area contributed by atoms with Crippen LogP contribution in [0.2, 0.25) is 5.02 Å². The van der Waals surface area contributed by atoms with Crippen LogP contribution in [0.3, 0.4) is 0 Å². The Bertz CT molecular complexity index is 349. The second kappa shape index (κ2) is 4.86. The molecule has 1 aromatic rings. The molecule has 1 nitrogen and oxygen atoms in total. The van der Waals surface area contributed by atoms with Gasteiger partial charge in [0.2, 0.25) is 0 Å². The Morgan fingerprint density at radius 3 is 2.73 bits per heavy atom. The number of benzene rings is 1. The molecule has 1 fully saturated rings. The van der Waals surface area contributed by atoms with Gasteiger partial charge < -0.3 is 5.11 Å². The normalized spacial score (nSPS) is 18.6. The van der Waals surface area contributed by atoms with Gasteiger partial charge in [0.1, 0.15) is 0 Å². The predicted molar refractivity (Wildman–Crippen MR) is 66.1 cm³/mol. The van der Waals surface area contributed by atoms with Crippen LogP contribution in [-0.2, 0) is 0 Å². The molecule has 15 heavy (non-hydrogen) atoms. The molecule has 0 radical (unpaired) electrons. The largest absolute Gasteiger partial charge is 0.388 e. The molecule has 0 heterocycles. The fourth-order valence-electron chi connectivity index (χ4n) is 1.94. The van der Waals surface area contributed by atoms with Gasteiger partial charge in [-0.15, -0.1) is 0 Å². The molecule has 1 aliphatic rings. The van der Waals surface area contributed by atoms with E-state index in [1.165, 1.54) is 19.3 Å². The van der Waals surface area contributed by atoms with E-state index in [9.17, 15) is 5.11 Å². The van der Waals surface area contributed by atoms with E-state index in [2.05, 4.69) is 15.9 Å². The maximum Gasteiger partial charge on any atom is 0.0803 e. The van der Waals surface area contributed by atoms with Crippen molar-refractivity contribution in [3.63, 3.8) is 0 Å². The summed E-state index contributed by atoms with van der Waals surface area (Å²) in [5, 5.41) is 10.8. The van der Waals surface area contributed by atoms with E-state index in [4.69, 9.17) is 11.6 Å². The summed E-state index contributed by atoms with van der Waals surface area (Å²) in [6.07, 6.45) is 4.37. The Morgan fingerprint density at radius 1 is 1.47 bits per heavy atom. The molecule has 1 aliphatic carbocycles. The molecule has 0 aromatic heterocycles. The maximum atomic E-state index is 10.1. The molecule has 1 aromatic carbocycles. The van der Waals surface area contributed by atoms with E-state index in [1.807, 2.05) is 18.2 Å². The first-order valence-electron chi connectivity index (χ1n) is 5.30. The summed E-state index contributed by atoms with van der Waals surface area (Å²) in [5.41, 5.74) is 0.950. The van der Waals surface area contributed by atoms with E-state index >= 15 is 0 Å². The molecule has 0 bridgehead atoms. The molecule has 0 spiro atoms. The fourth-order valence-corrected chi connectivity index (χ4v) is 2.89. The van der Waals surface area contributed by atoms with Gasteiger partial charge >= 0.3 is 0 Å². The van der Waals surface area contributed by atoms with Crippen molar-refractivity contribution in [2.75, 3.05) is 0 Å². The summed E-state index contributed by atoms with van der Waals surface area (Å²) in [5.74, 6) is 0.711. The first kappa shape index (κ1) is 11.4. The minimum atomic E-state index is -0.359. The van der Waals surface area contributed by atoms with Crippen LogP contribution in [-0.4, -0.2) is 5.11 Å². The van der Waals surface area contributed by atoms with Crippen LogP contribution in [0.4, 0.5) is 0 Å². The van der Waals surface area contributed by atoms with Gasteiger partial charge in [-0.3, -0.25) is 0 Å². The van der Waals surface area contributed by atoms with E-state index in [0.717, 1.165) is 16.5 Å². The number of hydrogen-bond donors (Lipinski definition) is 1. The first-order valence-corrected chi connectivity index (χ1v) is 6.47. The predicted octanol–water partition coefficient (Wildman–Crippen LogP) is 4.33. The summed E-state index contributed by atoms with van der Waals surface area (Å²) in [6, 6.07) is 5.56. The van der Waals surface area contributed by atoms with Crippen LogP contribution in [0.5, 0.6) is 0 Å². The Balaban J connectivity index is 2.06. The van der Waals surface area contributed by atoms with Gasteiger partial charge in [-0.05, 0) is 30.0 Å². The average molecular weight is 290 g/mol. The Kier molecular flexibility index (Phi) is 3.70. The zero-order valence-electron chi connectivity index (χ0n) is 8.42. The Morgan fingerprint density at radius 2 is 2.20 bits per heavy atom. The zero-order chi connectivity index (χ0) is 10.8. The van der Waals surface area contributed by atoms with E-state index < -0.39 is 0 Å². The van der Waals surface area contributed by atoms with Crippen LogP contribution in [0.15, 0.2) is 22.7 Å². The van der Waals surface area contributed by atoms with Gasteiger partial charge in [-0.2, -0.15) is 0 Å². The topological polar surface area (TPSA) is 20.2 Å². The van der Waals surface area contributed by atoms with Crippen molar-refractivity contribution in [1.29, 1.82) is 0 Å². The third-order valence-electron chi connectivity index (χ3n) is 3.10. The highest BCUT2D eigenvalue weighted by Crippen LogP contribution is 2.37. The van der Waals surface area contributed by atoms with Gasteiger partial charge in [-0.1, -0.05) is 52.9 Å². The summed E-state index contributed by atoms with van der Waals surface area (Å²) in [6.45, 7) is 0. The van der Waals surface area contributed by atoms with Crippen molar-refractivity contribution in [1.82, 2.24) is 0 Å². The fraction of sp³-hybridized carbons (Fsp3) is 0.500. The lowest BCUT2D eigenvalue weighted by Crippen LogP contribution is -2.15.